The zero-order chi connectivity index (χ0) is 22.0. The maximum atomic E-state index is 12.9. The van der Waals surface area contributed by atoms with Crippen LogP contribution in [0.25, 0.3) is 0 Å². The summed E-state index contributed by atoms with van der Waals surface area (Å²) in [5.41, 5.74) is 1.21. The predicted octanol–water partition coefficient (Wildman–Crippen LogP) is 1.48. The number of fused-ring (bicyclic) bond motifs is 1. The Kier molecular flexibility index (Phi) is 5.97. The van der Waals surface area contributed by atoms with Gasteiger partial charge in [-0.3, -0.25) is 19.7 Å². The molecule has 2 aliphatic rings. The number of halogens is 1. The van der Waals surface area contributed by atoms with Crippen molar-refractivity contribution in [3.05, 3.63) is 53.6 Å². The maximum Gasteiger partial charge on any atom is 0.229 e. The van der Waals surface area contributed by atoms with Crippen LogP contribution in [0.3, 0.4) is 0 Å². The molecule has 4 unspecified atom stereocenters. The molecule has 0 saturated carbocycles. The first-order valence-electron chi connectivity index (χ1n) is 9.76. The summed E-state index contributed by atoms with van der Waals surface area (Å²) in [5, 5.41) is 15.2. The zero-order valence-electron chi connectivity index (χ0n) is 16.6. The first-order valence-corrected chi connectivity index (χ1v) is 10.1. The molecule has 2 fully saturated rings. The van der Waals surface area contributed by atoms with Crippen LogP contribution < -0.4 is 31.3 Å². The van der Waals surface area contributed by atoms with Gasteiger partial charge in [0.05, 0.1) is 30.8 Å². The summed E-state index contributed by atoms with van der Waals surface area (Å²) in [7, 11) is 1.55. The lowest BCUT2D eigenvalue weighted by Crippen LogP contribution is -2.72. The summed E-state index contributed by atoms with van der Waals surface area (Å²) in [6, 6.07) is 13.9. The fraction of sp³-hybridized carbons (Fsp3) is 0.286. The molecule has 0 radical (unpaired) electrons. The van der Waals surface area contributed by atoms with Crippen LogP contribution in [0.15, 0.2) is 48.5 Å². The standard InChI is InChI=1S/C21H22ClN5O4/c1-31-15-5-3-2-4-14(15)24-21-26-18-17(20(30)27-21)13(10-16(28)25-18)19(29)23-12-8-6-11(22)7-9-12/h2-9,13,17-18,21,24,26H,10H2,1H3,(H,23,29)(H,25,28)(H,27,30). The molecule has 0 aliphatic carbocycles. The van der Waals surface area contributed by atoms with E-state index in [1.807, 2.05) is 12.1 Å². The van der Waals surface area contributed by atoms with Crippen LogP contribution in [0.1, 0.15) is 6.42 Å². The average molecular weight is 444 g/mol. The molecule has 162 valence electrons. The van der Waals surface area contributed by atoms with Crippen LogP contribution in [0.4, 0.5) is 11.4 Å². The highest BCUT2D eigenvalue weighted by molar-refractivity contribution is 6.30. The van der Waals surface area contributed by atoms with E-state index < -0.39 is 30.2 Å². The van der Waals surface area contributed by atoms with Crippen LogP contribution in [0, 0.1) is 11.8 Å². The first kappa shape index (κ1) is 21.0. The van der Waals surface area contributed by atoms with E-state index in [9.17, 15) is 14.4 Å². The topological polar surface area (TPSA) is 121 Å². The Balaban J connectivity index is 1.48. The molecule has 5 N–H and O–H groups in total. The van der Waals surface area contributed by atoms with Gasteiger partial charge in [-0.25, -0.2) is 0 Å². The van der Waals surface area contributed by atoms with Gasteiger partial charge < -0.3 is 26.0 Å². The van der Waals surface area contributed by atoms with Gasteiger partial charge in [0.2, 0.25) is 17.7 Å². The van der Waals surface area contributed by atoms with Crippen molar-refractivity contribution in [1.82, 2.24) is 16.0 Å². The number of methoxy groups -OCH3 is 1. The molecule has 3 amide bonds. The number of carbonyl (C=O) groups excluding carboxylic acids is 3. The zero-order valence-corrected chi connectivity index (χ0v) is 17.4. The van der Waals surface area contributed by atoms with Crippen LogP contribution in [-0.4, -0.2) is 37.3 Å². The molecule has 2 saturated heterocycles. The van der Waals surface area contributed by atoms with Crippen molar-refractivity contribution in [3.63, 3.8) is 0 Å². The minimum atomic E-state index is -0.825. The van der Waals surface area contributed by atoms with Crippen molar-refractivity contribution in [2.24, 2.45) is 11.8 Å². The smallest absolute Gasteiger partial charge is 0.229 e. The highest BCUT2D eigenvalue weighted by atomic mass is 35.5. The summed E-state index contributed by atoms with van der Waals surface area (Å²) < 4.78 is 5.32. The van der Waals surface area contributed by atoms with Crippen LogP contribution >= 0.6 is 11.6 Å². The number of hydrogen-bond donors (Lipinski definition) is 5. The number of benzene rings is 2. The monoisotopic (exact) mass is 443 g/mol. The molecule has 2 aliphatic heterocycles. The number of nitrogens with one attached hydrogen (secondary N) is 5. The number of para-hydroxylation sites is 2. The molecule has 4 rings (SSSR count). The minimum absolute atomic E-state index is 0.0830. The SMILES string of the molecule is COc1ccccc1NC1NC(=O)C2C(NC(=O)CC2C(=O)Nc2ccc(Cl)cc2)N1. The number of ether oxygens (including phenoxy) is 1. The van der Waals surface area contributed by atoms with E-state index in [1.165, 1.54) is 0 Å². The number of amides is 3. The minimum Gasteiger partial charge on any atom is -0.495 e. The van der Waals surface area contributed by atoms with Gasteiger partial charge in [0.25, 0.3) is 0 Å². The van der Waals surface area contributed by atoms with E-state index in [0.717, 1.165) is 0 Å². The molecule has 4 atom stereocenters. The number of carbonyl (C=O) groups is 3. The second-order valence-corrected chi connectivity index (χ2v) is 7.77. The van der Waals surface area contributed by atoms with E-state index in [-0.39, 0.29) is 18.2 Å². The number of piperidine rings is 1. The molecular formula is C21H22ClN5O4. The van der Waals surface area contributed by atoms with Crippen molar-refractivity contribution in [2.45, 2.75) is 18.9 Å². The molecule has 0 aromatic heterocycles. The fourth-order valence-corrected chi connectivity index (χ4v) is 3.97. The Hall–Kier alpha value is -3.30. The lowest BCUT2D eigenvalue weighted by Gasteiger charge is -2.43. The van der Waals surface area contributed by atoms with E-state index in [4.69, 9.17) is 16.3 Å². The highest BCUT2D eigenvalue weighted by Gasteiger charge is 2.48. The van der Waals surface area contributed by atoms with Crippen molar-refractivity contribution < 1.29 is 19.1 Å². The Morgan fingerprint density at radius 2 is 1.84 bits per heavy atom. The second-order valence-electron chi connectivity index (χ2n) is 7.33. The summed E-state index contributed by atoms with van der Waals surface area (Å²) >= 11 is 5.88. The average Bonchev–Trinajstić information content (AvgIpc) is 2.75. The van der Waals surface area contributed by atoms with Crippen molar-refractivity contribution in [2.75, 3.05) is 17.7 Å². The lowest BCUT2D eigenvalue weighted by atomic mass is 9.81. The van der Waals surface area contributed by atoms with Crippen LogP contribution in [-0.2, 0) is 14.4 Å². The quantitative estimate of drug-likeness (QED) is 0.477. The third-order valence-electron chi connectivity index (χ3n) is 5.31. The summed E-state index contributed by atoms with van der Waals surface area (Å²) in [5.74, 6) is -2.04. The lowest BCUT2D eigenvalue weighted by molar-refractivity contribution is -0.144. The van der Waals surface area contributed by atoms with E-state index in [1.54, 1.807) is 43.5 Å². The molecule has 9 nitrogen and oxygen atoms in total. The normalized spacial score (nSPS) is 25.0. The van der Waals surface area contributed by atoms with Gasteiger partial charge in [-0.05, 0) is 36.4 Å². The Morgan fingerprint density at radius 1 is 1.10 bits per heavy atom. The van der Waals surface area contributed by atoms with Gasteiger partial charge in [-0.2, -0.15) is 0 Å². The van der Waals surface area contributed by atoms with Crippen LogP contribution in [0.5, 0.6) is 5.75 Å². The van der Waals surface area contributed by atoms with Crippen molar-refractivity contribution >= 4 is 40.7 Å². The van der Waals surface area contributed by atoms with Crippen molar-refractivity contribution in [1.29, 1.82) is 0 Å². The largest absolute Gasteiger partial charge is 0.495 e. The summed E-state index contributed by atoms with van der Waals surface area (Å²) in [6.07, 6.45) is -1.45. The predicted molar refractivity (Wildman–Crippen MR) is 115 cm³/mol. The molecule has 2 aromatic carbocycles. The summed E-state index contributed by atoms with van der Waals surface area (Å²) in [4.78, 5) is 38.1. The molecule has 31 heavy (non-hydrogen) atoms. The van der Waals surface area contributed by atoms with Crippen molar-refractivity contribution in [3.8, 4) is 5.75 Å². The third-order valence-corrected chi connectivity index (χ3v) is 5.56. The van der Waals surface area contributed by atoms with E-state index in [2.05, 4.69) is 26.6 Å². The number of rotatable bonds is 5. The van der Waals surface area contributed by atoms with Gasteiger partial charge in [0.1, 0.15) is 5.75 Å². The first-order chi connectivity index (χ1) is 14.9. The van der Waals surface area contributed by atoms with Gasteiger partial charge in [-0.15, -0.1) is 0 Å². The highest BCUT2D eigenvalue weighted by Crippen LogP contribution is 2.29. The van der Waals surface area contributed by atoms with E-state index >= 15 is 0 Å². The number of anilines is 2. The van der Waals surface area contributed by atoms with Gasteiger partial charge in [0, 0.05) is 17.1 Å². The summed E-state index contributed by atoms with van der Waals surface area (Å²) in [6.45, 7) is 0. The third kappa shape index (κ3) is 4.57. The van der Waals surface area contributed by atoms with Crippen LogP contribution in [0.2, 0.25) is 5.02 Å². The maximum absolute atomic E-state index is 12.9. The molecular weight excluding hydrogens is 422 g/mol. The molecule has 2 aromatic rings. The number of hydrogen-bond acceptors (Lipinski definition) is 6. The Bertz CT molecular complexity index is 1000. The molecule has 2 heterocycles. The van der Waals surface area contributed by atoms with E-state index in [0.29, 0.717) is 22.1 Å². The Labute approximate surface area is 183 Å². The van der Waals surface area contributed by atoms with Gasteiger partial charge in [-0.1, -0.05) is 23.7 Å². The van der Waals surface area contributed by atoms with Gasteiger partial charge >= 0.3 is 0 Å². The van der Waals surface area contributed by atoms with Gasteiger partial charge in [0.15, 0.2) is 6.29 Å². The second kappa shape index (κ2) is 8.83. The molecule has 0 spiro atoms. The Morgan fingerprint density at radius 3 is 2.58 bits per heavy atom. The molecule has 0 bridgehead atoms. The fourth-order valence-electron chi connectivity index (χ4n) is 3.84. The molecule has 10 heteroatoms.